The average molecular weight is 383 g/mol. The van der Waals surface area contributed by atoms with Crippen LogP contribution in [0.15, 0.2) is 51.6 Å². The Morgan fingerprint density at radius 2 is 1.93 bits per heavy atom. The van der Waals surface area contributed by atoms with Gasteiger partial charge in [-0.2, -0.15) is 10.1 Å². The highest BCUT2D eigenvalue weighted by molar-refractivity contribution is 5.81. The van der Waals surface area contributed by atoms with E-state index in [9.17, 15) is 19.7 Å². The summed E-state index contributed by atoms with van der Waals surface area (Å²) >= 11 is 0. The van der Waals surface area contributed by atoms with Gasteiger partial charge in [0.05, 0.1) is 11.1 Å². The van der Waals surface area contributed by atoms with Gasteiger partial charge in [0.2, 0.25) is 5.95 Å². The monoisotopic (exact) mass is 383 g/mol. The molecule has 3 aromatic rings. The van der Waals surface area contributed by atoms with E-state index in [0.717, 1.165) is 4.57 Å². The summed E-state index contributed by atoms with van der Waals surface area (Å²) in [5.41, 5.74) is 2.87. The molecule has 0 aliphatic carbocycles. The lowest BCUT2D eigenvalue weighted by Gasteiger charge is -2.06. The molecule has 0 atom stereocenters. The van der Waals surface area contributed by atoms with Gasteiger partial charge < -0.3 is 0 Å². The lowest BCUT2D eigenvalue weighted by Crippen LogP contribution is -2.37. The Balaban J connectivity index is 1.99. The third-order valence-electron chi connectivity index (χ3n) is 4.14. The van der Waals surface area contributed by atoms with E-state index >= 15 is 0 Å². The topological polar surface area (TPSA) is 129 Å². The third kappa shape index (κ3) is 3.20. The number of benzene rings is 1. The van der Waals surface area contributed by atoms with Crippen molar-refractivity contribution in [2.75, 3.05) is 5.43 Å². The standard InChI is InChI=1S/C17H17N7O4/c1-4-9-23-13-14(21(2)17(26)22(3)15(13)25)19-16(23)20-18-10-11-5-7-12(8-6-11)24(27)28/h4-8,10H,1,9H2,2-3H3,(H,19,20)/b18-10-. The Labute approximate surface area is 158 Å². The van der Waals surface area contributed by atoms with Crippen molar-refractivity contribution in [3.05, 3.63) is 73.4 Å². The number of hydrogen-bond acceptors (Lipinski definition) is 7. The van der Waals surface area contributed by atoms with Gasteiger partial charge in [-0.05, 0) is 17.7 Å². The Morgan fingerprint density at radius 1 is 1.25 bits per heavy atom. The van der Waals surface area contributed by atoms with Crippen molar-refractivity contribution in [3.63, 3.8) is 0 Å². The molecule has 0 spiro atoms. The molecule has 0 radical (unpaired) electrons. The normalized spacial score (nSPS) is 11.2. The van der Waals surface area contributed by atoms with Crippen LogP contribution in [-0.2, 0) is 20.6 Å². The molecular formula is C17H17N7O4. The number of allylic oxidation sites excluding steroid dienone is 1. The van der Waals surface area contributed by atoms with Crippen molar-refractivity contribution < 1.29 is 4.92 Å². The molecular weight excluding hydrogens is 366 g/mol. The third-order valence-corrected chi connectivity index (χ3v) is 4.14. The van der Waals surface area contributed by atoms with Crippen LogP contribution >= 0.6 is 0 Å². The average Bonchev–Trinajstić information content (AvgIpc) is 3.04. The number of anilines is 1. The molecule has 1 aromatic carbocycles. The number of fused-ring (bicyclic) bond motifs is 1. The number of nitrogens with zero attached hydrogens (tertiary/aromatic N) is 6. The fourth-order valence-corrected chi connectivity index (χ4v) is 2.69. The van der Waals surface area contributed by atoms with Crippen LogP contribution in [0.2, 0.25) is 0 Å². The summed E-state index contributed by atoms with van der Waals surface area (Å²) < 4.78 is 3.85. The smallest absolute Gasteiger partial charge is 0.299 e. The van der Waals surface area contributed by atoms with Gasteiger partial charge in [0, 0.05) is 32.8 Å². The molecule has 28 heavy (non-hydrogen) atoms. The van der Waals surface area contributed by atoms with Crippen molar-refractivity contribution in [1.82, 2.24) is 18.7 Å². The minimum atomic E-state index is -0.485. The van der Waals surface area contributed by atoms with Crippen LogP contribution in [0.25, 0.3) is 11.2 Å². The number of rotatable bonds is 6. The van der Waals surface area contributed by atoms with E-state index in [1.54, 1.807) is 22.8 Å². The van der Waals surface area contributed by atoms with E-state index in [-0.39, 0.29) is 29.3 Å². The molecule has 0 bridgehead atoms. The van der Waals surface area contributed by atoms with Crippen LogP contribution in [-0.4, -0.2) is 29.8 Å². The number of imidazole rings is 1. The lowest BCUT2D eigenvalue weighted by molar-refractivity contribution is -0.384. The summed E-state index contributed by atoms with van der Waals surface area (Å²) in [4.78, 5) is 39.2. The first-order chi connectivity index (χ1) is 13.3. The molecule has 0 saturated heterocycles. The van der Waals surface area contributed by atoms with E-state index in [1.807, 2.05) is 0 Å². The van der Waals surface area contributed by atoms with Gasteiger partial charge >= 0.3 is 5.69 Å². The zero-order valence-electron chi connectivity index (χ0n) is 15.2. The number of nitro benzene ring substituents is 1. The predicted molar refractivity (Wildman–Crippen MR) is 105 cm³/mol. The second-order valence-corrected chi connectivity index (χ2v) is 5.93. The fraction of sp³-hybridized carbons (Fsp3) is 0.176. The van der Waals surface area contributed by atoms with Gasteiger partial charge in [-0.3, -0.25) is 28.6 Å². The van der Waals surface area contributed by atoms with Gasteiger partial charge in [-0.15, -0.1) is 6.58 Å². The number of aryl methyl sites for hydroxylation is 1. The number of nitro groups is 1. The number of aromatic nitrogens is 4. The Morgan fingerprint density at radius 3 is 2.54 bits per heavy atom. The Hall–Kier alpha value is -4.02. The maximum absolute atomic E-state index is 12.5. The van der Waals surface area contributed by atoms with Crippen molar-refractivity contribution in [2.24, 2.45) is 19.2 Å². The molecule has 0 fully saturated rings. The van der Waals surface area contributed by atoms with E-state index in [2.05, 4.69) is 22.1 Å². The summed E-state index contributed by atoms with van der Waals surface area (Å²) in [6.07, 6.45) is 3.05. The zero-order valence-corrected chi connectivity index (χ0v) is 15.2. The first kappa shape index (κ1) is 18.8. The van der Waals surface area contributed by atoms with Crippen LogP contribution in [0.5, 0.6) is 0 Å². The number of non-ortho nitro benzene ring substituents is 1. The molecule has 0 saturated carbocycles. The molecule has 0 aliphatic heterocycles. The Bertz CT molecular complexity index is 1220. The van der Waals surface area contributed by atoms with Crippen molar-refractivity contribution in [3.8, 4) is 0 Å². The highest BCUT2D eigenvalue weighted by Crippen LogP contribution is 2.16. The molecule has 0 aliphatic rings. The number of hydrazone groups is 1. The first-order valence-corrected chi connectivity index (χ1v) is 8.15. The molecule has 0 unspecified atom stereocenters. The van der Waals surface area contributed by atoms with Gasteiger partial charge in [-0.25, -0.2) is 10.2 Å². The largest absolute Gasteiger partial charge is 0.332 e. The maximum atomic E-state index is 12.5. The van der Waals surface area contributed by atoms with Crippen molar-refractivity contribution in [2.45, 2.75) is 6.54 Å². The SMILES string of the molecule is C=CCn1c(N/N=C\c2ccc([N+](=O)[O-])cc2)nc2c1c(=O)n(C)c(=O)n2C. The van der Waals surface area contributed by atoms with E-state index in [0.29, 0.717) is 5.56 Å². The minimum Gasteiger partial charge on any atom is -0.299 e. The van der Waals surface area contributed by atoms with Gasteiger partial charge in [0.15, 0.2) is 11.2 Å². The molecule has 11 heteroatoms. The second kappa shape index (κ2) is 7.31. The molecule has 2 aromatic heterocycles. The Kier molecular flexibility index (Phi) is 4.90. The molecule has 3 rings (SSSR count). The predicted octanol–water partition coefficient (Wildman–Crippen LogP) is 0.974. The summed E-state index contributed by atoms with van der Waals surface area (Å²) in [5.74, 6) is 0.256. The molecule has 2 heterocycles. The number of nitrogens with one attached hydrogen (secondary N) is 1. The van der Waals surface area contributed by atoms with Crippen LogP contribution in [0.4, 0.5) is 11.6 Å². The summed E-state index contributed by atoms with van der Waals surface area (Å²) in [5, 5.41) is 14.8. The fourth-order valence-electron chi connectivity index (χ4n) is 2.69. The second-order valence-electron chi connectivity index (χ2n) is 5.93. The molecule has 1 N–H and O–H groups in total. The highest BCUT2D eigenvalue weighted by Gasteiger charge is 2.18. The lowest BCUT2D eigenvalue weighted by atomic mass is 10.2. The zero-order chi connectivity index (χ0) is 20.4. The van der Waals surface area contributed by atoms with Crippen LogP contribution in [0.1, 0.15) is 5.56 Å². The highest BCUT2D eigenvalue weighted by atomic mass is 16.6. The number of hydrogen-bond donors (Lipinski definition) is 1. The maximum Gasteiger partial charge on any atom is 0.332 e. The quantitative estimate of drug-likeness (QED) is 0.292. The minimum absolute atomic E-state index is 0.0188. The van der Waals surface area contributed by atoms with Crippen LogP contribution in [0, 0.1) is 10.1 Å². The van der Waals surface area contributed by atoms with Crippen molar-refractivity contribution >= 4 is 29.0 Å². The first-order valence-electron chi connectivity index (χ1n) is 8.15. The van der Waals surface area contributed by atoms with Crippen molar-refractivity contribution in [1.29, 1.82) is 0 Å². The van der Waals surface area contributed by atoms with Crippen LogP contribution in [0.3, 0.4) is 0 Å². The summed E-state index contributed by atoms with van der Waals surface area (Å²) in [6, 6.07) is 5.84. The van der Waals surface area contributed by atoms with Gasteiger partial charge in [0.1, 0.15) is 0 Å². The molecule has 11 nitrogen and oxygen atoms in total. The van der Waals surface area contributed by atoms with Gasteiger partial charge in [-0.1, -0.05) is 6.08 Å². The molecule has 144 valence electrons. The van der Waals surface area contributed by atoms with Gasteiger partial charge in [0.25, 0.3) is 11.2 Å². The molecule has 0 amide bonds. The van der Waals surface area contributed by atoms with E-state index in [1.165, 1.54) is 37.0 Å². The summed E-state index contributed by atoms with van der Waals surface area (Å²) in [6.45, 7) is 3.96. The van der Waals surface area contributed by atoms with E-state index < -0.39 is 16.2 Å². The summed E-state index contributed by atoms with van der Waals surface area (Å²) in [7, 11) is 2.93. The van der Waals surface area contributed by atoms with Crippen LogP contribution < -0.4 is 16.7 Å². The van der Waals surface area contributed by atoms with E-state index in [4.69, 9.17) is 0 Å².